The molecule has 3 heteroatoms. The van der Waals surface area contributed by atoms with E-state index in [4.69, 9.17) is 15.2 Å². The van der Waals surface area contributed by atoms with Gasteiger partial charge in [-0.1, -0.05) is 19.3 Å². The minimum absolute atomic E-state index is 0.0948. The molecule has 2 unspecified atom stereocenters. The summed E-state index contributed by atoms with van der Waals surface area (Å²) in [5, 5.41) is 0. The fraction of sp³-hybridized carbons (Fsp3) is 0.700. The summed E-state index contributed by atoms with van der Waals surface area (Å²) < 4.78 is 12.6. The number of rotatable bonds is 2. The van der Waals surface area contributed by atoms with E-state index in [1.165, 1.54) is 60.1 Å². The molecule has 1 aromatic carbocycles. The highest BCUT2D eigenvalue weighted by Gasteiger charge is 2.43. The Morgan fingerprint density at radius 3 is 2.22 bits per heavy atom. The Morgan fingerprint density at radius 1 is 0.957 bits per heavy atom. The molecular weight excluding hydrogens is 286 g/mol. The van der Waals surface area contributed by atoms with Crippen molar-refractivity contribution in [3.8, 4) is 11.5 Å². The van der Waals surface area contributed by atoms with Crippen LogP contribution in [0.4, 0.5) is 0 Å². The average molecular weight is 315 g/mol. The highest BCUT2D eigenvalue weighted by atomic mass is 16.5. The van der Waals surface area contributed by atoms with Crippen molar-refractivity contribution in [3.05, 3.63) is 22.3 Å². The highest BCUT2D eigenvalue weighted by Crippen LogP contribution is 2.53. The maximum absolute atomic E-state index is 6.37. The first kappa shape index (κ1) is 15.3. The molecule has 1 aliphatic carbocycles. The van der Waals surface area contributed by atoms with E-state index in [0.29, 0.717) is 0 Å². The van der Waals surface area contributed by atoms with Crippen molar-refractivity contribution in [2.75, 3.05) is 6.54 Å². The Labute approximate surface area is 139 Å². The number of benzene rings is 1. The van der Waals surface area contributed by atoms with E-state index < -0.39 is 0 Å². The molecule has 4 rings (SSSR count). The van der Waals surface area contributed by atoms with Gasteiger partial charge >= 0.3 is 0 Å². The lowest BCUT2D eigenvalue weighted by Crippen LogP contribution is -2.38. The van der Waals surface area contributed by atoms with Crippen molar-refractivity contribution in [2.24, 2.45) is 5.73 Å². The fourth-order valence-electron chi connectivity index (χ4n) is 5.07. The molecule has 23 heavy (non-hydrogen) atoms. The number of fused-ring (bicyclic) bond motifs is 2. The summed E-state index contributed by atoms with van der Waals surface area (Å²) in [6, 6.07) is 0. The summed E-state index contributed by atoms with van der Waals surface area (Å²) in [6.07, 6.45) is 8.80. The molecule has 0 saturated heterocycles. The van der Waals surface area contributed by atoms with Crippen LogP contribution in [0.15, 0.2) is 0 Å². The molecule has 2 aliphatic heterocycles. The van der Waals surface area contributed by atoms with Crippen LogP contribution in [-0.2, 0) is 18.3 Å². The molecule has 0 bridgehead atoms. The van der Waals surface area contributed by atoms with Crippen LogP contribution in [0.2, 0.25) is 0 Å². The zero-order valence-corrected chi connectivity index (χ0v) is 14.7. The van der Waals surface area contributed by atoms with Gasteiger partial charge < -0.3 is 15.2 Å². The lowest BCUT2D eigenvalue weighted by molar-refractivity contribution is 0.236. The lowest BCUT2D eigenvalue weighted by Gasteiger charge is -2.39. The van der Waals surface area contributed by atoms with Crippen LogP contribution in [0.25, 0.3) is 0 Å². The second-order valence-corrected chi connectivity index (χ2v) is 7.93. The summed E-state index contributed by atoms with van der Waals surface area (Å²) in [4.78, 5) is 0. The van der Waals surface area contributed by atoms with E-state index in [0.717, 1.165) is 25.1 Å². The van der Waals surface area contributed by atoms with E-state index in [2.05, 4.69) is 20.8 Å². The van der Waals surface area contributed by atoms with Crippen molar-refractivity contribution in [1.29, 1.82) is 0 Å². The van der Waals surface area contributed by atoms with Gasteiger partial charge in [0.2, 0.25) is 0 Å². The van der Waals surface area contributed by atoms with Gasteiger partial charge in [-0.15, -0.1) is 0 Å². The molecule has 2 heterocycles. The van der Waals surface area contributed by atoms with E-state index >= 15 is 0 Å². The van der Waals surface area contributed by atoms with E-state index in [1.54, 1.807) is 0 Å². The monoisotopic (exact) mass is 315 g/mol. The summed E-state index contributed by atoms with van der Waals surface area (Å²) in [5.74, 6) is 2.31. The van der Waals surface area contributed by atoms with Crippen LogP contribution in [0.5, 0.6) is 11.5 Å². The summed E-state index contributed by atoms with van der Waals surface area (Å²) in [6.45, 7) is 7.28. The van der Waals surface area contributed by atoms with Crippen LogP contribution >= 0.6 is 0 Å². The molecule has 126 valence electrons. The second-order valence-electron chi connectivity index (χ2n) is 7.93. The maximum Gasteiger partial charge on any atom is 0.127 e. The smallest absolute Gasteiger partial charge is 0.127 e. The van der Waals surface area contributed by atoms with Crippen molar-refractivity contribution in [1.82, 2.24) is 0 Å². The molecule has 1 fully saturated rings. The van der Waals surface area contributed by atoms with Gasteiger partial charge in [-0.2, -0.15) is 0 Å². The molecule has 0 radical (unpaired) electrons. The van der Waals surface area contributed by atoms with Crippen LogP contribution in [0, 0.1) is 6.92 Å². The third kappa shape index (κ3) is 2.20. The van der Waals surface area contributed by atoms with Crippen molar-refractivity contribution >= 4 is 0 Å². The largest absolute Gasteiger partial charge is 0.490 e. The summed E-state index contributed by atoms with van der Waals surface area (Å²) in [5.41, 5.74) is 12.0. The predicted molar refractivity (Wildman–Crippen MR) is 92.6 cm³/mol. The number of ether oxygens (including phenoxy) is 2. The zero-order chi connectivity index (χ0) is 16.2. The molecule has 1 saturated carbocycles. The van der Waals surface area contributed by atoms with Gasteiger partial charge in [0.25, 0.3) is 0 Å². The third-order valence-corrected chi connectivity index (χ3v) is 6.22. The van der Waals surface area contributed by atoms with E-state index in [-0.39, 0.29) is 17.6 Å². The van der Waals surface area contributed by atoms with Crippen LogP contribution < -0.4 is 15.2 Å². The topological polar surface area (TPSA) is 44.5 Å². The first-order valence-electron chi connectivity index (χ1n) is 9.28. The van der Waals surface area contributed by atoms with Gasteiger partial charge in [-0.3, -0.25) is 0 Å². The van der Waals surface area contributed by atoms with Crippen LogP contribution in [0.1, 0.15) is 68.2 Å². The first-order chi connectivity index (χ1) is 11.1. The SMILES string of the molecule is Cc1c2c(c(C3(CN)CCCCC3)c3c1OC(C)C3)OC(C)C2. The Hall–Kier alpha value is -1.22. The molecule has 0 amide bonds. The standard InChI is InChI=1S/C20H29NO2/c1-12-9-15-14(3)18-16(10-13(2)22-18)17(19(15)23-12)20(11-21)7-5-4-6-8-20/h12-13H,4-11,21H2,1-3H3. The van der Waals surface area contributed by atoms with Crippen molar-refractivity contribution in [2.45, 2.75) is 83.3 Å². The quantitative estimate of drug-likeness (QED) is 0.903. The normalized spacial score (nSPS) is 28.0. The molecule has 2 N–H and O–H groups in total. The van der Waals surface area contributed by atoms with Crippen LogP contribution in [-0.4, -0.2) is 18.8 Å². The van der Waals surface area contributed by atoms with Gasteiger partial charge in [-0.25, -0.2) is 0 Å². The Morgan fingerprint density at radius 2 is 1.57 bits per heavy atom. The number of hydrogen-bond donors (Lipinski definition) is 1. The van der Waals surface area contributed by atoms with Gasteiger partial charge in [0.15, 0.2) is 0 Å². The minimum atomic E-state index is 0.0948. The number of hydrogen-bond acceptors (Lipinski definition) is 3. The van der Waals surface area contributed by atoms with Crippen molar-refractivity contribution < 1.29 is 9.47 Å². The van der Waals surface area contributed by atoms with E-state index in [1.807, 2.05) is 0 Å². The number of nitrogens with two attached hydrogens (primary N) is 1. The van der Waals surface area contributed by atoms with Gasteiger partial charge in [0.05, 0.1) is 0 Å². The molecule has 2 atom stereocenters. The molecule has 3 aliphatic rings. The summed E-state index contributed by atoms with van der Waals surface area (Å²) >= 11 is 0. The Bertz CT molecular complexity index is 592. The Balaban J connectivity index is 1.96. The first-order valence-corrected chi connectivity index (χ1v) is 9.28. The second kappa shape index (κ2) is 5.41. The molecule has 0 spiro atoms. The molecular formula is C20H29NO2. The predicted octanol–water partition coefficient (Wildman–Crippen LogP) is 3.80. The summed E-state index contributed by atoms with van der Waals surface area (Å²) in [7, 11) is 0. The Kier molecular flexibility index (Phi) is 3.60. The van der Waals surface area contributed by atoms with Crippen LogP contribution in [0.3, 0.4) is 0 Å². The van der Waals surface area contributed by atoms with Gasteiger partial charge in [-0.05, 0) is 39.2 Å². The molecule has 3 nitrogen and oxygen atoms in total. The fourth-order valence-corrected chi connectivity index (χ4v) is 5.07. The minimum Gasteiger partial charge on any atom is -0.490 e. The molecule has 1 aromatic rings. The zero-order valence-electron chi connectivity index (χ0n) is 14.7. The van der Waals surface area contributed by atoms with Crippen molar-refractivity contribution in [3.63, 3.8) is 0 Å². The maximum atomic E-state index is 6.37. The molecule has 0 aromatic heterocycles. The van der Waals surface area contributed by atoms with E-state index in [9.17, 15) is 0 Å². The highest BCUT2D eigenvalue weighted by molar-refractivity contribution is 5.64. The van der Waals surface area contributed by atoms with Gasteiger partial charge in [0, 0.05) is 41.5 Å². The average Bonchev–Trinajstić information content (AvgIpc) is 3.11. The third-order valence-electron chi connectivity index (χ3n) is 6.22. The lowest BCUT2D eigenvalue weighted by atomic mass is 9.66. The van der Waals surface area contributed by atoms with Gasteiger partial charge in [0.1, 0.15) is 23.7 Å².